The molecule has 6 heteroatoms. The van der Waals surface area contributed by atoms with E-state index in [0.29, 0.717) is 17.9 Å². The third kappa shape index (κ3) is 3.18. The van der Waals surface area contributed by atoms with Crippen LogP contribution in [0.1, 0.15) is 31.7 Å². The van der Waals surface area contributed by atoms with Crippen LogP contribution in [0.25, 0.3) is 0 Å². The predicted octanol–water partition coefficient (Wildman–Crippen LogP) is 2.74. The first kappa shape index (κ1) is 15.1. The van der Waals surface area contributed by atoms with E-state index >= 15 is 0 Å². The van der Waals surface area contributed by atoms with Crippen molar-refractivity contribution in [2.75, 3.05) is 11.9 Å². The second kappa shape index (κ2) is 6.54. The second-order valence-corrected chi connectivity index (χ2v) is 6.55. The van der Waals surface area contributed by atoms with Crippen molar-refractivity contribution >= 4 is 23.2 Å². The highest BCUT2D eigenvalue weighted by atomic mass is 32.1. The molecule has 5 nitrogen and oxygen atoms in total. The number of rotatable bonds is 4. The fraction of sp³-hybridized carbons (Fsp3) is 0.438. The average Bonchev–Trinajstić information content (AvgIpc) is 3.16. The molecular weight excluding hydrogens is 296 g/mol. The van der Waals surface area contributed by atoms with Crippen molar-refractivity contribution in [1.82, 2.24) is 14.9 Å². The summed E-state index contributed by atoms with van der Waals surface area (Å²) in [5.41, 5.74) is 1.39. The van der Waals surface area contributed by atoms with Gasteiger partial charge in [0.25, 0.3) is 0 Å². The summed E-state index contributed by atoms with van der Waals surface area (Å²) in [4.78, 5) is 22.8. The Morgan fingerprint density at radius 3 is 2.91 bits per heavy atom. The van der Waals surface area contributed by atoms with E-state index in [0.717, 1.165) is 13.0 Å². The van der Waals surface area contributed by atoms with Crippen LogP contribution in [0.15, 0.2) is 35.3 Å². The van der Waals surface area contributed by atoms with E-state index in [9.17, 15) is 4.79 Å². The summed E-state index contributed by atoms with van der Waals surface area (Å²) >= 11 is 1.73. The van der Waals surface area contributed by atoms with Gasteiger partial charge in [0.1, 0.15) is 0 Å². The minimum absolute atomic E-state index is 0.0518. The van der Waals surface area contributed by atoms with E-state index in [2.05, 4.69) is 43.9 Å². The van der Waals surface area contributed by atoms with Gasteiger partial charge in [-0.3, -0.25) is 15.0 Å². The zero-order valence-corrected chi connectivity index (χ0v) is 13.6. The maximum Gasteiger partial charge on any atom is 0.243 e. The van der Waals surface area contributed by atoms with Gasteiger partial charge in [-0.15, -0.1) is 0 Å². The molecule has 0 spiro atoms. The van der Waals surface area contributed by atoms with Crippen LogP contribution < -0.4 is 5.32 Å². The van der Waals surface area contributed by atoms with Crippen LogP contribution in [0.5, 0.6) is 0 Å². The lowest BCUT2D eigenvalue weighted by atomic mass is 10.00. The number of carbonyl (C=O) groups excluding carboxylic acids is 1. The summed E-state index contributed by atoms with van der Waals surface area (Å²) in [6, 6.07) is 4.12. The molecule has 1 amide bonds. The Morgan fingerprint density at radius 1 is 1.45 bits per heavy atom. The maximum atomic E-state index is 12.4. The minimum Gasteiger partial charge on any atom is -0.293 e. The zero-order chi connectivity index (χ0) is 15.5. The van der Waals surface area contributed by atoms with Gasteiger partial charge in [0.15, 0.2) is 0 Å². The van der Waals surface area contributed by atoms with Gasteiger partial charge in [-0.1, -0.05) is 0 Å². The number of likely N-dealkylation sites (tertiary alicyclic amines) is 1. The molecule has 2 aromatic heterocycles. The lowest BCUT2D eigenvalue weighted by molar-refractivity contribution is -0.121. The summed E-state index contributed by atoms with van der Waals surface area (Å²) in [5, 5.41) is 7.12. The first-order valence-corrected chi connectivity index (χ1v) is 8.45. The lowest BCUT2D eigenvalue weighted by Gasteiger charge is -2.27. The van der Waals surface area contributed by atoms with Crippen molar-refractivity contribution in [1.29, 1.82) is 0 Å². The van der Waals surface area contributed by atoms with E-state index in [1.807, 2.05) is 6.92 Å². The van der Waals surface area contributed by atoms with Crippen LogP contribution in [0, 0.1) is 0 Å². The van der Waals surface area contributed by atoms with Gasteiger partial charge in [0.2, 0.25) is 11.9 Å². The first-order valence-electron chi connectivity index (χ1n) is 7.51. The molecule has 1 fully saturated rings. The summed E-state index contributed by atoms with van der Waals surface area (Å²) in [6.45, 7) is 5.06. The average molecular weight is 316 g/mol. The Balaban J connectivity index is 1.64. The zero-order valence-electron chi connectivity index (χ0n) is 12.8. The van der Waals surface area contributed by atoms with E-state index in [1.165, 1.54) is 5.56 Å². The highest BCUT2D eigenvalue weighted by Crippen LogP contribution is 2.33. The third-order valence-corrected chi connectivity index (χ3v) is 5.02. The predicted molar refractivity (Wildman–Crippen MR) is 88.0 cm³/mol. The molecule has 3 atom stereocenters. The Morgan fingerprint density at radius 2 is 2.23 bits per heavy atom. The summed E-state index contributed by atoms with van der Waals surface area (Å²) in [6.07, 6.45) is 4.34. The monoisotopic (exact) mass is 316 g/mol. The van der Waals surface area contributed by atoms with Crippen LogP contribution in [-0.4, -0.2) is 39.4 Å². The van der Waals surface area contributed by atoms with Crippen molar-refractivity contribution in [2.24, 2.45) is 0 Å². The maximum absolute atomic E-state index is 12.4. The number of anilines is 1. The molecule has 1 saturated heterocycles. The smallest absolute Gasteiger partial charge is 0.243 e. The Bertz CT molecular complexity index is 616. The molecule has 0 radical (unpaired) electrons. The minimum atomic E-state index is -0.192. The number of nitrogens with zero attached hydrogens (tertiary/aromatic N) is 3. The van der Waals surface area contributed by atoms with Crippen LogP contribution >= 0.6 is 11.3 Å². The number of thiophene rings is 1. The highest BCUT2D eigenvalue weighted by Gasteiger charge is 2.35. The number of hydrogen-bond acceptors (Lipinski definition) is 5. The highest BCUT2D eigenvalue weighted by molar-refractivity contribution is 7.07. The Labute approximate surface area is 134 Å². The molecule has 22 heavy (non-hydrogen) atoms. The fourth-order valence-corrected chi connectivity index (χ4v) is 3.82. The molecule has 116 valence electrons. The number of aromatic nitrogens is 2. The van der Waals surface area contributed by atoms with Crippen molar-refractivity contribution in [3.05, 3.63) is 40.8 Å². The van der Waals surface area contributed by atoms with Crippen LogP contribution in [0.3, 0.4) is 0 Å². The van der Waals surface area contributed by atoms with Crippen LogP contribution in [0.2, 0.25) is 0 Å². The van der Waals surface area contributed by atoms with Gasteiger partial charge in [0, 0.05) is 25.0 Å². The Kier molecular flexibility index (Phi) is 4.49. The van der Waals surface area contributed by atoms with E-state index < -0.39 is 0 Å². The first-order chi connectivity index (χ1) is 10.6. The van der Waals surface area contributed by atoms with Gasteiger partial charge >= 0.3 is 0 Å². The fourth-order valence-electron chi connectivity index (χ4n) is 3.07. The third-order valence-electron chi connectivity index (χ3n) is 4.32. The molecule has 0 aliphatic carbocycles. The second-order valence-electron chi connectivity index (χ2n) is 5.77. The van der Waals surface area contributed by atoms with E-state index in [1.54, 1.807) is 29.8 Å². The van der Waals surface area contributed by atoms with Crippen molar-refractivity contribution < 1.29 is 4.79 Å². The quantitative estimate of drug-likeness (QED) is 0.942. The molecule has 2 aromatic rings. The number of amides is 1. The van der Waals surface area contributed by atoms with Gasteiger partial charge in [-0.05, 0) is 54.6 Å². The standard InChI is InChI=1S/C16H20N4OS/c1-11-8-14(13-4-7-22-10-13)9-20(11)12(2)15(21)19-16-17-5-3-6-18-16/h3-7,10-12,14H,8-9H2,1-2H3,(H,17,18,19,21)/t11-,12-,14-/m1/s1. The molecule has 3 rings (SSSR count). The van der Waals surface area contributed by atoms with Crippen molar-refractivity contribution in [3.8, 4) is 0 Å². The SMILES string of the molecule is C[C@@H]1C[C@@H](c2ccsc2)CN1[C@H](C)C(=O)Nc1ncccn1. The molecule has 1 N–H and O–H groups in total. The molecule has 0 bridgehead atoms. The van der Waals surface area contributed by atoms with Crippen molar-refractivity contribution in [3.63, 3.8) is 0 Å². The van der Waals surface area contributed by atoms with E-state index in [-0.39, 0.29) is 11.9 Å². The van der Waals surface area contributed by atoms with E-state index in [4.69, 9.17) is 0 Å². The molecule has 0 saturated carbocycles. The molecule has 0 unspecified atom stereocenters. The number of carbonyl (C=O) groups is 1. The van der Waals surface area contributed by atoms with Crippen molar-refractivity contribution in [2.45, 2.75) is 38.3 Å². The molecule has 0 aromatic carbocycles. The lowest BCUT2D eigenvalue weighted by Crippen LogP contribution is -2.44. The molecule has 3 heterocycles. The normalized spacial score (nSPS) is 23.4. The molecule has 1 aliphatic rings. The number of hydrogen-bond donors (Lipinski definition) is 1. The topological polar surface area (TPSA) is 58.1 Å². The van der Waals surface area contributed by atoms with Gasteiger partial charge in [0.05, 0.1) is 6.04 Å². The van der Waals surface area contributed by atoms with Crippen LogP contribution in [-0.2, 0) is 4.79 Å². The van der Waals surface area contributed by atoms with Gasteiger partial charge in [-0.2, -0.15) is 11.3 Å². The molecule has 1 aliphatic heterocycles. The van der Waals surface area contributed by atoms with Gasteiger partial charge < -0.3 is 0 Å². The number of nitrogens with one attached hydrogen (secondary N) is 1. The van der Waals surface area contributed by atoms with Crippen LogP contribution in [0.4, 0.5) is 5.95 Å². The largest absolute Gasteiger partial charge is 0.293 e. The summed E-state index contributed by atoms with van der Waals surface area (Å²) in [7, 11) is 0. The van der Waals surface area contributed by atoms with Gasteiger partial charge in [-0.25, -0.2) is 9.97 Å². The summed E-state index contributed by atoms with van der Waals surface area (Å²) < 4.78 is 0. The summed E-state index contributed by atoms with van der Waals surface area (Å²) in [5.74, 6) is 0.828. The Hall–Kier alpha value is -1.79. The molecular formula is C16H20N4OS.